The van der Waals surface area contributed by atoms with Crippen LogP contribution in [0.5, 0.6) is 0 Å². The van der Waals surface area contributed by atoms with Gasteiger partial charge in [0.25, 0.3) is 0 Å². The van der Waals surface area contributed by atoms with Crippen LogP contribution in [0.1, 0.15) is 31.0 Å². The molecule has 13 heavy (non-hydrogen) atoms. The van der Waals surface area contributed by atoms with Gasteiger partial charge in [-0.2, -0.15) is 10.2 Å². The Bertz CT molecular complexity index is 360. The molecule has 0 bridgehead atoms. The van der Waals surface area contributed by atoms with Gasteiger partial charge >= 0.3 is 0 Å². The third kappa shape index (κ3) is 1.28. The molecule has 0 radical (unpaired) electrons. The maximum absolute atomic E-state index is 11.1. The number of nitrogens with zero attached hydrogens (tertiary/aromatic N) is 2. The Morgan fingerprint density at radius 3 is 3.00 bits per heavy atom. The van der Waals surface area contributed by atoms with Crippen molar-refractivity contribution in [2.75, 3.05) is 5.32 Å². The Kier molecular flexibility index (Phi) is 1.76. The van der Waals surface area contributed by atoms with Crippen LogP contribution in [0.25, 0.3) is 0 Å². The average Bonchev–Trinajstić information content (AvgIpc) is 2.43. The van der Waals surface area contributed by atoms with Gasteiger partial charge in [-0.25, -0.2) is 0 Å². The highest BCUT2D eigenvalue weighted by Crippen LogP contribution is 2.28. The van der Waals surface area contributed by atoms with Crippen molar-refractivity contribution >= 4 is 11.6 Å². The molecule has 1 aliphatic rings. The molecule has 1 amide bonds. The molecule has 0 aromatic carbocycles. The van der Waals surface area contributed by atoms with E-state index in [1.807, 2.05) is 13.8 Å². The average molecular weight is 177 g/mol. The first-order valence-corrected chi connectivity index (χ1v) is 4.33. The molecule has 1 aliphatic heterocycles. The molecule has 0 unspecified atom stereocenters. The largest absolute Gasteiger partial charge is 0.324 e. The standard InChI is InChI=1S/C9H11N3O/c1-5(2)8-9-6(4-10-12-8)3-7(13)11-9/h4-5H,3H2,1-2H3,(H,11,13). The number of hydrogen-bond acceptors (Lipinski definition) is 3. The summed E-state index contributed by atoms with van der Waals surface area (Å²) in [5.41, 5.74) is 2.71. The zero-order valence-electron chi connectivity index (χ0n) is 7.66. The summed E-state index contributed by atoms with van der Waals surface area (Å²) in [7, 11) is 0. The van der Waals surface area contributed by atoms with Gasteiger partial charge in [-0.05, 0) is 5.92 Å². The Morgan fingerprint density at radius 2 is 2.31 bits per heavy atom. The number of anilines is 1. The van der Waals surface area contributed by atoms with E-state index in [4.69, 9.17) is 0 Å². The lowest BCUT2D eigenvalue weighted by molar-refractivity contribution is -0.115. The van der Waals surface area contributed by atoms with Crippen LogP contribution in [-0.2, 0) is 11.2 Å². The lowest BCUT2D eigenvalue weighted by Gasteiger charge is -2.07. The number of amides is 1. The number of aromatic nitrogens is 2. The highest BCUT2D eigenvalue weighted by Gasteiger charge is 2.22. The van der Waals surface area contributed by atoms with Crippen LogP contribution in [-0.4, -0.2) is 16.1 Å². The molecule has 0 saturated carbocycles. The molecule has 4 nitrogen and oxygen atoms in total. The zero-order valence-corrected chi connectivity index (χ0v) is 7.66. The molecule has 0 saturated heterocycles. The summed E-state index contributed by atoms with van der Waals surface area (Å²) >= 11 is 0. The normalized spacial score (nSPS) is 14.5. The maximum Gasteiger partial charge on any atom is 0.228 e. The predicted molar refractivity (Wildman–Crippen MR) is 48.5 cm³/mol. The van der Waals surface area contributed by atoms with Crippen molar-refractivity contribution < 1.29 is 4.79 Å². The second-order valence-electron chi connectivity index (χ2n) is 3.51. The van der Waals surface area contributed by atoms with Crippen LogP contribution in [0, 0.1) is 0 Å². The van der Waals surface area contributed by atoms with Crippen LogP contribution >= 0.6 is 0 Å². The first kappa shape index (κ1) is 8.16. The molecule has 0 atom stereocenters. The van der Waals surface area contributed by atoms with E-state index in [-0.39, 0.29) is 5.91 Å². The highest BCUT2D eigenvalue weighted by molar-refractivity contribution is 5.99. The summed E-state index contributed by atoms with van der Waals surface area (Å²) in [5.74, 6) is 0.326. The Labute approximate surface area is 76.4 Å². The summed E-state index contributed by atoms with van der Waals surface area (Å²) in [4.78, 5) is 11.1. The Hall–Kier alpha value is -1.45. The second kappa shape index (κ2) is 2.80. The van der Waals surface area contributed by atoms with Gasteiger partial charge in [-0.15, -0.1) is 0 Å². The van der Waals surface area contributed by atoms with Crippen molar-refractivity contribution in [2.45, 2.75) is 26.2 Å². The molecule has 0 fully saturated rings. The summed E-state index contributed by atoms with van der Waals surface area (Å²) < 4.78 is 0. The van der Waals surface area contributed by atoms with Gasteiger partial charge in [-0.1, -0.05) is 13.8 Å². The zero-order chi connectivity index (χ0) is 9.42. The van der Waals surface area contributed by atoms with Crippen molar-refractivity contribution in [3.8, 4) is 0 Å². The van der Waals surface area contributed by atoms with E-state index in [9.17, 15) is 4.79 Å². The van der Waals surface area contributed by atoms with Gasteiger partial charge in [0.05, 0.1) is 24.0 Å². The molecular formula is C9H11N3O. The van der Waals surface area contributed by atoms with Gasteiger partial charge in [-0.3, -0.25) is 4.79 Å². The molecule has 1 aromatic heterocycles. The summed E-state index contributed by atoms with van der Waals surface area (Å²) in [6, 6.07) is 0. The number of carbonyl (C=O) groups is 1. The van der Waals surface area contributed by atoms with E-state index in [0.717, 1.165) is 16.9 Å². The number of nitrogens with one attached hydrogen (secondary N) is 1. The number of rotatable bonds is 1. The van der Waals surface area contributed by atoms with Crippen LogP contribution < -0.4 is 5.32 Å². The van der Waals surface area contributed by atoms with Gasteiger partial charge in [0, 0.05) is 5.56 Å². The second-order valence-corrected chi connectivity index (χ2v) is 3.51. The topological polar surface area (TPSA) is 54.9 Å². The minimum atomic E-state index is 0.0340. The van der Waals surface area contributed by atoms with E-state index in [1.54, 1.807) is 6.20 Å². The minimum Gasteiger partial charge on any atom is -0.324 e. The third-order valence-corrected chi connectivity index (χ3v) is 2.12. The number of hydrogen-bond donors (Lipinski definition) is 1. The van der Waals surface area contributed by atoms with Crippen molar-refractivity contribution in [1.29, 1.82) is 0 Å². The fourth-order valence-electron chi connectivity index (χ4n) is 1.48. The molecule has 0 spiro atoms. The quantitative estimate of drug-likeness (QED) is 0.698. The maximum atomic E-state index is 11.1. The van der Waals surface area contributed by atoms with Gasteiger partial charge in [0.1, 0.15) is 0 Å². The smallest absolute Gasteiger partial charge is 0.228 e. The Morgan fingerprint density at radius 1 is 1.54 bits per heavy atom. The summed E-state index contributed by atoms with van der Waals surface area (Å²) in [6.45, 7) is 4.07. The molecule has 2 heterocycles. The Balaban J connectivity index is 2.51. The van der Waals surface area contributed by atoms with Crippen LogP contribution in [0.4, 0.5) is 5.69 Å². The fraction of sp³-hybridized carbons (Fsp3) is 0.444. The minimum absolute atomic E-state index is 0.0340. The van der Waals surface area contributed by atoms with E-state index < -0.39 is 0 Å². The van der Waals surface area contributed by atoms with Gasteiger partial charge < -0.3 is 5.32 Å². The van der Waals surface area contributed by atoms with E-state index in [1.165, 1.54) is 0 Å². The van der Waals surface area contributed by atoms with Crippen LogP contribution in [0.2, 0.25) is 0 Å². The van der Waals surface area contributed by atoms with Crippen molar-refractivity contribution in [2.24, 2.45) is 0 Å². The first-order chi connectivity index (χ1) is 6.18. The van der Waals surface area contributed by atoms with E-state index >= 15 is 0 Å². The lowest BCUT2D eigenvalue weighted by atomic mass is 10.1. The van der Waals surface area contributed by atoms with Crippen LogP contribution in [0.3, 0.4) is 0 Å². The van der Waals surface area contributed by atoms with Crippen molar-refractivity contribution in [1.82, 2.24) is 10.2 Å². The third-order valence-electron chi connectivity index (χ3n) is 2.12. The predicted octanol–water partition coefficient (Wildman–Crippen LogP) is 1.09. The molecule has 0 aliphatic carbocycles. The van der Waals surface area contributed by atoms with E-state index in [2.05, 4.69) is 15.5 Å². The molecule has 2 rings (SSSR count). The van der Waals surface area contributed by atoms with Crippen molar-refractivity contribution in [3.05, 3.63) is 17.5 Å². The molecule has 1 N–H and O–H groups in total. The lowest BCUT2D eigenvalue weighted by Crippen LogP contribution is -2.06. The first-order valence-electron chi connectivity index (χ1n) is 4.33. The monoisotopic (exact) mass is 177 g/mol. The van der Waals surface area contributed by atoms with Gasteiger partial charge in [0.15, 0.2) is 0 Å². The summed E-state index contributed by atoms with van der Waals surface area (Å²) in [6.07, 6.45) is 2.09. The number of carbonyl (C=O) groups excluding carboxylic acids is 1. The van der Waals surface area contributed by atoms with Gasteiger partial charge in [0.2, 0.25) is 5.91 Å². The molecule has 1 aromatic rings. The van der Waals surface area contributed by atoms with E-state index in [0.29, 0.717) is 12.3 Å². The number of fused-ring (bicyclic) bond motifs is 1. The SMILES string of the molecule is CC(C)c1nncc2c1NC(=O)C2. The highest BCUT2D eigenvalue weighted by atomic mass is 16.1. The fourth-order valence-corrected chi connectivity index (χ4v) is 1.48. The van der Waals surface area contributed by atoms with Crippen molar-refractivity contribution in [3.63, 3.8) is 0 Å². The van der Waals surface area contributed by atoms with Crippen LogP contribution in [0.15, 0.2) is 6.20 Å². The molecule has 4 heteroatoms. The summed E-state index contributed by atoms with van der Waals surface area (Å²) in [5, 5.41) is 10.7. The molecule has 68 valence electrons. The molecular weight excluding hydrogens is 166 g/mol.